The van der Waals surface area contributed by atoms with Gasteiger partial charge >= 0.3 is 0 Å². The second kappa shape index (κ2) is 9.65. The van der Waals surface area contributed by atoms with E-state index in [1.54, 1.807) is 0 Å². The number of rotatable bonds is 10. The molecule has 1 aliphatic rings. The van der Waals surface area contributed by atoms with Crippen molar-refractivity contribution in [1.29, 1.82) is 0 Å². The molecule has 2 N–H and O–H groups in total. The third kappa shape index (κ3) is 5.11. The lowest BCUT2D eigenvalue weighted by Crippen LogP contribution is -2.29. The van der Waals surface area contributed by atoms with E-state index in [-0.39, 0.29) is 0 Å². The Labute approximate surface area is 138 Å². The van der Waals surface area contributed by atoms with E-state index in [1.807, 2.05) is 11.8 Å². The molecule has 1 aliphatic heterocycles. The van der Waals surface area contributed by atoms with E-state index in [0.717, 1.165) is 6.54 Å². The molecule has 1 atom stereocenters. The summed E-state index contributed by atoms with van der Waals surface area (Å²) in [5.74, 6) is 0. The second-order valence-electron chi connectivity index (χ2n) is 5.70. The van der Waals surface area contributed by atoms with Gasteiger partial charge in [0, 0.05) is 11.4 Å². The summed E-state index contributed by atoms with van der Waals surface area (Å²) in [4.78, 5) is 3.85. The summed E-state index contributed by atoms with van der Waals surface area (Å²) in [6, 6.07) is 8.67. The maximum atomic E-state index is 5.86. The van der Waals surface area contributed by atoms with E-state index in [2.05, 4.69) is 36.1 Å². The number of thioether (sulfide) groups is 1. The van der Waals surface area contributed by atoms with E-state index < -0.39 is 0 Å². The van der Waals surface area contributed by atoms with E-state index in [9.17, 15) is 0 Å². The number of hydrogen-bond donors (Lipinski definition) is 1. The van der Waals surface area contributed by atoms with Gasteiger partial charge in [-0.25, -0.2) is 0 Å². The molecule has 1 unspecified atom stereocenters. The molecule has 0 spiro atoms. The molecule has 1 aromatic carbocycles. The van der Waals surface area contributed by atoms with Crippen molar-refractivity contribution in [3.8, 4) is 0 Å². The lowest BCUT2D eigenvalue weighted by molar-refractivity contribution is 0.574. The Hall–Kier alpha value is -0.320. The smallest absolute Gasteiger partial charge is 0.140 e. The molecule has 0 amide bonds. The number of nitrogens with zero attached hydrogens (tertiary/aromatic N) is 1. The average molecular weight is 325 g/mol. The molecule has 1 aromatic rings. The van der Waals surface area contributed by atoms with Gasteiger partial charge in [0.15, 0.2) is 0 Å². The second-order valence-corrected chi connectivity index (χ2v) is 7.84. The van der Waals surface area contributed by atoms with Crippen molar-refractivity contribution in [2.75, 3.05) is 11.4 Å². The fraction of sp³-hybridized carbons (Fsp3) is 0.647. The minimum atomic E-state index is 0.354. The van der Waals surface area contributed by atoms with Crippen molar-refractivity contribution in [2.45, 2.75) is 67.9 Å². The van der Waals surface area contributed by atoms with Gasteiger partial charge in [0.1, 0.15) is 4.71 Å². The van der Waals surface area contributed by atoms with Crippen LogP contribution >= 0.6 is 23.7 Å². The Kier molecular flexibility index (Phi) is 7.83. The monoisotopic (exact) mass is 324 g/mol. The molecular formula is C17H28N2S2. The lowest BCUT2D eigenvalue weighted by Gasteiger charge is -2.24. The van der Waals surface area contributed by atoms with Gasteiger partial charge in [-0.3, -0.25) is 5.14 Å². The van der Waals surface area contributed by atoms with Crippen LogP contribution in [0.5, 0.6) is 0 Å². The van der Waals surface area contributed by atoms with Crippen LogP contribution in [-0.4, -0.2) is 11.3 Å². The SMILES string of the molecule is CCCCCCCCCCN1c2ccccc2SC1SN. The van der Waals surface area contributed by atoms with Crippen LogP contribution in [-0.2, 0) is 0 Å². The molecule has 2 rings (SSSR count). The van der Waals surface area contributed by atoms with Gasteiger partial charge in [-0.05, 0) is 30.5 Å². The molecule has 1 heterocycles. The number of unbranched alkanes of at least 4 members (excludes halogenated alkanes) is 7. The molecule has 4 heteroatoms. The quantitative estimate of drug-likeness (QED) is 0.446. The Morgan fingerprint density at radius 2 is 1.71 bits per heavy atom. The van der Waals surface area contributed by atoms with Gasteiger partial charge < -0.3 is 4.90 Å². The highest BCUT2D eigenvalue weighted by Crippen LogP contribution is 2.46. The normalized spacial score (nSPS) is 17.2. The summed E-state index contributed by atoms with van der Waals surface area (Å²) in [7, 11) is 0. The van der Waals surface area contributed by atoms with Crippen molar-refractivity contribution in [1.82, 2.24) is 0 Å². The predicted molar refractivity (Wildman–Crippen MR) is 97.8 cm³/mol. The first kappa shape index (κ1) is 17.0. The Bertz CT molecular complexity index is 412. The third-order valence-corrected chi connectivity index (χ3v) is 6.19. The third-order valence-electron chi connectivity index (χ3n) is 4.03. The molecule has 0 aromatic heterocycles. The zero-order valence-electron chi connectivity index (χ0n) is 13.1. The summed E-state index contributed by atoms with van der Waals surface area (Å²) < 4.78 is 0.354. The summed E-state index contributed by atoms with van der Waals surface area (Å²) in [6.07, 6.45) is 11.0. The molecule has 118 valence electrons. The minimum absolute atomic E-state index is 0.354. The Balaban J connectivity index is 1.67. The van der Waals surface area contributed by atoms with Crippen LogP contribution in [0, 0.1) is 0 Å². The van der Waals surface area contributed by atoms with Gasteiger partial charge in [0.05, 0.1) is 5.69 Å². The summed E-state index contributed by atoms with van der Waals surface area (Å²) in [5, 5.41) is 5.86. The van der Waals surface area contributed by atoms with Gasteiger partial charge in [-0.2, -0.15) is 0 Å². The fourth-order valence-corrected chi connectivity index (χ4v) is 4.75. The summed E-state index contributed by atoms with van der Waals surface area (Å²) in [5.41, 5.74) is 1.37. The highest BCUT2D eigenvalue weighted by atomic mass is 32.2. The molecular weight excluding hydrogens is 296 g/mol. The number of benzene rings is 1. The molecule has 0 fully saturated rings. The van der Waals surface area contributed by atoms with Crippen LogP contribution < -0.4 is 10.0 Å². The fourth-order valence-electron chi connectivity index (χ4n) is 2.82. The molecule has 0 bridgehead atoms. The molecule has 0 radical (unpaired) electrons. The van der Waals surface area contributed by atoms with Gasteiger partial charge in [-0.15, -0.1) is 0 Å². The number of anilines is 1. The van der Waals surface area contributed by atoms with Crippen LogP contribution in [0.15, 0.2) is 29.2 Å². The summed E-state index contributed by atoms with van der Waals surface area (Å²) in [6.45, 7) is 3.41. The highest BCUT2D eigenvalue weighted by Gasteiger charge is 2.28. The lowest BCUT2D eigenvalue weighted by atomic mass is 10.1. The predicted octanol–water partition coefficient (Wildman–Crippen LogP) is 5.63. The number of nitrogens with two attached hydrogens (primary N) is 1. The zero-order chi connectivity index (χ0) is 14.9. The van der Waals surface area contributed by atoms with E-state index >= 15 is 0 Å². The molecule has 2 nitrogen and oxygen atoms in total. The van der Waals surface area contributed by atoms with Crippen LogP contribution in [0.3, 0.4) is 0 Å². The molecule has 0 saturated heterocycles. The first-order chi connectivity index (χ1) is 10.4. The molecule has 21 heavy (non-hydrogen) atoms. The van der Waals surface area contributed by atoms with E-state index in [0.29, 0.717) is 4.71 Å². The highest BCUT2D eigenvalue weighted by molar-refractivity contribution is 8.16. The Morgan fingerprint density at radius 1 is 1.05 bits per heavy atom. The standard InChI is InChI=1S/C17H28N2S2/c1-2-3-4-5-6-7-8-11-14-19-15-12-9-10-13-16(15)20-17(19)21-18/h9-10,12-13,17H,2-8,11,14,18H2,1H3. The first-order valence-electron chi connectivity index (χ1n) is 8.24. The molecule has 0 aliphatic carbocycles. The maximum absolute atomic E-state index is 5.86. The van der Waals surface area contributed by atoms with Crippen LogP contribution in [0.2, 0.25) is 0 Å². The van der Waals surface area contributed by atoms with Crippen LogP contribution in [0.4, 0.5) is 5.69 Å². The first-order valence-corrected chi connectivity index (χ1v) is 10.1. The van der Waals surface area contributed by atoms with Crippen LogP contribution in [0.1, 0.15) is 58.3 Å². The van der Waals surface area contributed by atoms with Crippen molar-refractivity contribution >= 4 is 29.4 Å². The van der Waals surface area contributed by atoms with Crippen molar-refractivity contribution in [3.05, 3.63) is 24.3 Å². The van der Waals surface area contributed by atoms with Gasteiger partial charge in [0.25, 0.3) is 0 Å². The summed E-state index contributed by atoms with van der Waals surface area (Å²) >= 11 is 3.35. The zero-order valence-corrected chi connectivity index (χ0v) is 14.7. The van der Waals surface area contributed by atoms with Crippen molar-refractivity contribution < 1.29 is 0 Å². The average Bonchev–Trinajstić information content (AvgIpc) is 2.88. The maximum Gasteiger partial charge on any atom is 0.140 e. The topological polar surface area (TPSA) is 29.3 Å². The van der Waals surface area contributed by atoms with Crippen molar-refractivity contribution in [3.63, 3.8) is 0 Å². The van der Waals surface area contributed by atoms with Gasteiger partial charge in [0.2, 0.25) is 0 Å². The van der Waals surface area contributed by atoms with Crippen LogP contribution in [0.25, 0.3) is 0 Å². The number of para-hydroxylation sites is 1. The number of fused-ring (bicyclic) bond motifs is 1. The van der Waals surface area contributed by atoms with E-state index in [4.69, 9.17) is 5.14 Å². The Morgan fingerprint density at radius 3 is 2.43 bits per heavy atom. The van der Waals surface area contributed by atoms with Gasteiger partial charge in [-0.1, -0.05) is 75.8 Å². The largest absolute Gasteiger partial charge is 0.349 e. The number of hydrogen-bond acceptors (Lipinski definition) is 4. The van der Waals surface area contributed by atoms with Crippen molar-refractivity contribution in [2.24, 2.45) is 5.14 Å². The minimum Gasteiger partial charge on any atom is -0.349 e. The van der Waals surface area contributed by atoms with E-state index in [1.165, 1.54) is 73.9 Å². The molecule has 0 saturated carbocycles.